The number of hydrogen-bond acceptors (Lipinski definition) is 6. The van der Waals surface area contributed by atoms with Gasteiger partial charge in [0.25, 0.3) is 0 Å². The number of benzene rings is 4. The summed E-state index contributed by atoms with van der Waals surface area (Å²) in [5.74, 6) is 0. The summed E-state index contributed by atoms with van der Waals surface area (Å²) in [5.41, 5.74) is 15.9. The lowest BCUT2D eigenvalue weighted by Gasteiger charge is -2.20. The van der Waals surface area contributed by atoms with Crippen molar-refractivity contribution in [2.45, 2.75) is 17.2 Å². The summed E-state index contributed by atoms with van der Waals surface area (Å²) in [6.45, 7) is 8.56. The molecule has 0 aliphatic carbocycles. The Morgan fingerprint density at radius 2 is 1.67 bits per heavy atom. The van der Waals surface area contributed by atoms with E-state index in [0.29, 0.717) is 6.42 Å². The van der Waals surface area contributed by atoms with Gasteiger partial charge in [-0.1, -0.05) is 98.1 Å². The minimum Gasteiger partial charge on any atom is -0.404 e. The molecule has 0 spiro atoms. The number of thioether (sulfide) groups is 2. The molecular formula is C40H34N4S2. The fourth-order valence-electron chi connectivity index (χ4n) is 6.35. The van der Waals surface area contributed by atoms with Crippen molar-refractivity contribution in [2.75, 3.05) is 0 Å². The second-order valence-corrected chi connectivity index (χ2v) is 13.1. The first-order valence-electron chi connectivity index (χ1n) is 15.2. The molecule has 4 N–H and O–H groups in total. The van der Waals surface area contributed by atoms with Crippen LogP contribution in [0.5, 0.6) is 0 Å². The molecule has 2 aliphatic heterocycles. The third kappa shape index (κ3) is 5.55. The highest BCUT2D eigenvalue weighted by atomic mass is 32.2. The van der Waals surface area contributed by atoms with E-state index in [1.807, 2.05) is 30.7 Å². The van der Waals surface area contributed by atoms with Crippen LogP contribution in [0.25, 0.3) is 56.1 Å². The van der Waals surface area contributed by atoms with E-state index in [4.69, 9.17) is 10.7 Å². The summed E-state index contributed by atoms with van der Waals surface area (Å²) in [6.07, 6.45) is 16.5. The quantitative estimate of drug-likeness (QED) is 0.140. The topological polar surface area (TPSA) is 63.0 Å². The van der Waals surface area contributed by atoms with E-state index < -0.39 is 0 Å². The van der Waals surface area contributed by atoms with Crippen molar-refractivity contribution in [1.29, 1.82) is 0 Å². The van der Waals surface area contributed by atoms with Crippen LogP contribution in [0.4, 0.5) is 0 Å². The number of aromatic nitrogens is 1. The number of hydrogen-bond donors (Lipinski definition) is 3. The number of allylic oxidation sites excluding steroid dienone is 1. The van der Waals surface area contributed by atoms with Crippen molar-refractivity contribution in [1.82, 2.24) is 15.6 Å². The molecule has 4 nitrogen and oxygen atoms in total. The van der Waals surface area contributed by atoms with Crippen molar-refractivity contribution >= 4 is 57.2 Å². The van der Waals surface area contributed by atoms with Crippen LogP contribution in [0.1, 0.15) is 27.6 Å². The average molecular weight is 635 g/mol. The first-order valence-corrected chi connectivity index (χ1v) is 17.1. The molecule has 0 radical (unpaired) electrons. The molecule has 0 saturated heterocycles. The zero-order valence-corrected chi connectivity index (χ0v) is 27.0. The Balaban J connectivity index is 1.41. The lowest BCUT2D eigenvalue weighted by Crippen LogP contribution is -2.18. The Labute approximate surface area is 278 Å². The third-order valence-corrected chi connectivity index (χ3v) is 10.5. The van der Waals surface area contributed by atoms with E-state index in [-0.39, 0.29) is 10.7 Å². The molecule has 5 aromatic rings. The van der Waals surface area contributed by atoms with Crippen LogP contribution in [0.2, 0.25) is 0 Å². The largest absolute Gasteiger partial charge is 0.404 e. The standard InChI is InChI=1S/C40H34N4S2/c1-3-30-31(4-2)38(37-18-16-29(25-44-37)40-43-20-22-46-40)35-17-15-27(33-13-7-10-26-9-5-6-12-32(26)33)23-36(35)34(30)14-8-11-28(24-41)39-42-19-21-45-39/h3-13,15-25,39-40,42-43H,1-2,14,41H2/b11-8-,28-24+. The number of rotatable bonds is 9. The molecule has 6 heteroatoms. The van der Waals surface area contributed by atoms with Crippen LogP contribution in [-0.2, 0) is 6.42 Å². The molecule has 3 heterocycles. The fourth-order valence-corrected chi connectivity index (χ4v) is 7.91. The minimum atomic E-state index is 0.114. The molecule has 2 aliphatic rings. The van der Waals surface area contributed by atoms with E-state index in [1.54, 1.807) is 29.7 Å². The van der Waals surface area contributed by atoms with Gasteiger partial charge in [-0.2, -0.15) is 0 Å². The number of nitrogens with zero attached hydrogens (tertiary/aromatic N) is 1. The minimum absolute atomic E-state index is 0.114. The molecular weight excluding hydrogens is 601 g/mol. The first-order chi connectivity index (χ1) is 22.7. The normalized spacial score (nSPS) is 17.5. The van der Waals surface area contributed by atoms with Gasteiger partial charge >= 0.3 is 0 Å². The maximum atomic E-state index is 6.05. The number of nitrogens with one attached hydrogen (secondary N) is 2. The van der Waals surface area contributed by atoms with Gasteiger partial charge in [0.15, 0.2) is 0 Å². The monoisotopic (exact) mass is 634 g/mol. The van der Waals surface area contributed by atoms with Crippen LogP contribution >= 0.6 is 23.5 Å². The maximum absolute atomic E-state index is 6.05. The molecule has 0 amide bonds. The van der Waals surface area contributed by atoms with E-state index >= 15 is 0 Å². The van der Waals surface area contributed by atoms with Gasteiger partial charge in [0, 0.05) is 35.9 Å². The van der Waals surface area contributed by atoms with Gasteiger partial charge in [-0.25, -0.2) is 0 Å². The van der Waals surface area contributed by atoms with Crippen LogP contribution in [0, 0.1) is 0 Å². The van der Waals surface area contributed by atoms with E-state index in [2.05, 4.69) is 120 Å². The molecule has 226 valence electrons. The summed E-state index contributed by atoms with van der Waals surface area (Å²) in [7, 11) is 0. The number of fused-ring (bicyclic) bond motifs is 2. The first kappa shape index (κ1) is 29.8. The molecule has 0 fully saturated rings. The lowest BCUT2D eigenvalue weighted by molar-refractivity contribution is 0.856. The predicted octanol–water partition coefficient (Wildman–Crippen LogP) is 9.89. The van der Waals surface area contributed by atoms with Gasteiger partial charge in [-0.3, -0.25) is 4.98 Å². The molecule has 1 aromatic heterocycles. The Kier molecular flexibility index (Phi) is 8.55. The van der Waals surface area contributed by atoms with Crippen molar-refractivity contribution < 1.29 is 0 Å². The van der Waals surface area contributed by atoms with Crippen LogP contribution < -0.4 is 16.4 Å². The second kappa shape index (κ2) is 13.2. The second-order valence-electron chi connectivity index (χ2n) is 11.1. The van der Waals surface area contributed by atoms with Gasteiger partial charge in [0.05, 0.1) is 5.69 Å². The summed E-state index contributed by atoms with van der Waals surface area (Å²) >= 11 is 3.46. The molecule has 0 bridgehead atoms. The van der Waals surface area contributed by atoms with Crippen LogP contribution in [-0.4, -0.2) is 10.4 Å². The van der Waals surface area contributed by atoms with E-state index in [1.165, 1.54) is 32.8 Å². The predicted molar refractivity (Wildman–Crippen MR) is 202 cm³/mol. The number of pyridine rings is 1. The molecule has 46 heavy (non-hydrogen) atoms. The summed E-state index contributed by atoms with van der Waals surface area (Å²) in [4.78, 5) is 5.01. The third-order valence-electron chi connectivity index (χ3n) is 8.54. The molecule has 2 unspecified atom stereocenters. The van der Waals surface area contributed by atoms with Crippen molar-refractivity contribution in [3.05, 3.63) is 162 Å². The van der Waals surface area contributed by atoms with E-state index in [0.717, 1.165) is 38.9 Å². The average Bonchev–Trinajstić information content (AvgIpc) is 3.85. The van der Waals surface area contributed by atoms with Gasteiger partial charge in [0.2, 0.25) is 0 Å². The van der Waals surface area contributed by atoms with Crippen LogP contribution in [0.3, 0.4) is 0 Å². The van der Waals surface area contributed by atoms with Gasteiger partial charge in [-0.15, -0.1) is 23.5 Å². The van der Waals surface area contributed by atoms with Gasteiger partial charge in [0.1, 0.15) is 10.7 Å². The van der Waals surface area contributed by atoms with Gasteiger partial charge in [-0.05, 0) is 84.3 Å². The highest BCUT2D eigenvalue weighted by molar-refractivity contribution is 8.03. The Hall–Kier alpha value is -4.91. The van der Waals surface area contributed by atoms with Crippen molar-refractivity contribution in [3.63, 3.8) is 0 Å². The highest BCUT2D eigenvalue weighted by Gasteiger charge is 2.21. The van der Waals surface area contributed by atoms with Gasteiger partial charge < -0.3 is 16.4 Å². The summed E-state index contributed by atoms with van der Waals surface area (Å²) in [5, 5.41) is 15.9. The Morgan fingerprint density at radius 1 is 0.848 bits per heavy atom. The molecule has 0 saturated carbocycles. The highest BCUT2D eigenvalue weighted by Crippen LogP contribution is 2.42. The number of nitrogens with two attached hydrogens (primary N) is 1. The van der Waals surface area contributed by atoms with Crippen molar-refractivity contribution in [2.24, 2.45) is 5.73 Å². The molecule has 4 aromatic carbocycles. The summed E-state index contributed by atoms with van der Waals surface area (Å²) < 4.78 is 0. The zero-order chi connectivity index (χ0) is 31.5. The van der Waals surface area contributed by atoms with E-state index in [9.17, 15) is 0 Å². The SMILES string of the molecule is C=Cc1c(C=C)c(-c2ccc(C3NC=CS3)cn2)c2ccc(-c3cccc4ccccc34)cc2c1C/C=C\C(=C/N)C1NC=CS1. The van der Waals surface area contributed by atoms with Crippen molar-refractivity contribution in [3.8, 4) is 22.4 Å². The molecule has 7 rings (SSSR count). The molecule has 2 atom stereocenters. The summed E-state index contributed by atoms with van der Waals surface area (Å²) in [6, 6.07) is 26.2. The lowest BCUT2D eigenvalue weighted by atomic mass is 9.84. The Bertz CT molecular complexity index is 2070. The Morgan fingerprint density at radius 3 is 2.41 bits per heavy atom. The van der Waals surface area contributed by atoms with Crippen LogP contribution in [0.15, 0.2) is 139 Å². The maximum Gasteiger partial charge on any atom is 0.103 e. The zero-order valence-electron chi connectivity index (χ0n) is 25.3. The smallest absolute Gasteiger partial charge is 0.103 e. The fraction of sp³-hybridized carbons (Fsp3) is 0.0750.